The Hall–Kier alpha value is -2.63. The summed E-state index contributed by atoms with van der Waals surface area (Å²) >= 11 is 6.19. The fraction of sp³-hybridized carbons (Fsp3) is 0.200. The van der Waals surface area contributed by atoms with Crippen LogP contribution in [0.4, 0.5) is 11.5 Å². The molecule has 0 fully saturated rings. The highest BCUT2D eigenvalue weighted by Crippen LogP contribution is 2.27. The average Bonchev–Trinajstić information content (AvgIpc) is 2.62. The minimum atomic E-state index is 0.403. The first kappa shape index (κ1) is 18.2. The van der Waals surface area contributed by atoms with E-state index in [1.54, 1.807) is 13.2 Å². The molecule has 0 bridgehead atoms. The Labute approximate surface area is 158 Å². The minimum Gasteiger partial charge on any atom is -0.495 e. The molecule has 1 N–H and O–H groups in total. The molecule has 0 saturated carbocycles. The molecule has 26 heavy (non-hydrogen) atoms. The van der Waals surface area contributed by atoms with E-state index in [0.717, 1.165) is 18.0 Å². The average molecular weight is 369 g/mol. The lowest BCUT2D eigenvalue weighted by molar-refractivity contribution is 0.311. The van der Waals surface area contributed by atoms with Crippen molar-refractivity contribution in [2.24, 2.45) is 0 Å². The third-order valence-electron chi connectivity index (χ3n) is 3.82. The van der Waals surface area contributed by atoms with Crippen molar-refractivity contribution in [3.8, 4) is 5.75 Å². The Bertz CT molecular complexity index is 857. The maximum atomic E-state index is 6.19. The van der Waals surface area contributed by atoms with Gasteiger partial charge in [0.2, 0.25) is 0 Å². The van der Waals surface area contributed by atoms with Crippen molar-refractivity contribution in [2.75, 3.05) is 19.5 Å². The monoisotopic (exact) mass is 368 g/mol. The first-order valence-corrected chi connectivity index (χ1v) is 8.68. The zero-order valence-electron chi connectivity index (χ0n) is 14.8. The number of halogens is 1. The highest BCUT2D eigenvalue weighted by Gasteiger charge is 2.09. The summed E-state index contributed by atoms with van der Waals surface area (Å²) in [5, 5.41) is 3.65. The van der Waals surface area contributed by atoms with Crippen molar-refractivity contribution in [3.63, 3.8) is 0 Å². The van der Waals surface area contributed by atoms with Crippen LogP contribution >= 0.6 is 11.6 Å². The van der Waals surface area contributed by atoms with Crippen molar-refractivity contribution in [2.45, 2.75) is 13.1 Å². The van der Waals surface area contributed by atoms with Gasteiger partial charge in [0, 0.05) is 12.6 Å². The standard InChI is InChI=1S/C20H21ClN4O/c1-25(13-15-8-4-3-5-9-15)14-20-23-18(21)12-19(24-20)22-16-10-6-7-11-17(16)26-2/h3-12H,13-14H2,1-2H3,(H,22,23,24). The number of hydrogen-bond acceptors (Lipinski definition) is 5. The maximum Gasteiger partial charge on any atom is 0.146 e. The lowest BCUT2D eigenvalue weighted by Crippen LogP contribution is -2.19. The number of nitrogens with one attached hydrogen (secondary N) is 1. The van der Waals surface area contributed by atoms with Crippen LogP contribution in [-0.4, -0.2) is 29.0 Å². The number of para-hydroxylation sites is 2. The minimum absolute atomic E-state index is 0.403. The molecule has 2 aromatic carbocycles. The van der Waals surface area contributed by atoms with Crippen LogP contribution in [0.1, 0.15) is 11.4 Å². The van der Waals surface area contributed by atoms with Crippen molar-refractivity contribution in [1.82, 2.24) is 14.9 Å². The number of benzene rings is 2. The second kappa shape index (κ2) is 8.65. The van der Waals surface area contributed by atoms with Crippen molar-refractivity contribution >= 4 is 23.1 Å². The number of hydrogen-bond donors (Lipinski definition) is 1. The normalized spacial score (nSPS) is 10.8. The van der Waals surface area contributed by atoms with E-state index in [1.807, 2.05) is 49.5 Å². The summed E-state index contributed by atoms with van der Waals surface area (Å²) in [6, 6.07) is 19.7. The molecule has 0 aliphatic carbocycles. The van der Waals surface area contributed by atoms with Gasteiger partial charge in [-0.1, -0.05) is 54.1 Å². The quantitative estimate of drug-likeness (QED) is 0.621. The van der Waals surface area contributed by atoms with E-state index in [0.29, 0.717) is 23.3 Å². The fourth-order valence-corrected chi connectivity index (χ4v) is 2.88. The van der Waals surface area contributed by atoms with Crippen molar-refractivity contribution < 1.29 is 4.74 Å². The molecule has 0 unspecified atom stereocenters. The molecule has 134 valence electrons. The molecule has 6 heteroatoms. The third-order valence-corrected chi connectivity index (χ3v) is 4.01. The Balaban J connectivity index is 1.73. The van der Waals surface area contributed by atoms with Gasteiger partial charge in [-0.25, -0.2) is 9.97 Å². The van der Waals surface area contributed by atoms with Crippen molar-refractivity contribution in [3.05, 3.63) is 77.2 Å². The second-order valence-electron chi connectivity index (χ2n) is 5.98. The number of nitrogens with zero attached hydrogens (tertiary/aromatic N) is 3. The molecule has 0 aliphatic heterocycles. The third kappa shape index (κ3) is 4.94. The highest BCUT2D eigenvalue weighted by molar-refractivity contribution is 6.29. The van der Waals surface area contributed by atoms with Gasteiger partial charge in [0.05, 0.1) is 19.3 Å². The topological polar surface area (TPSA) is 50.3 Å². The molecule has 5 nitrogen and oxygen atoms in total. The van der Waals surface area contributed by atoms with Crippen LogP contribution in [-0.2, 0) is 13.1 Å². The van der Waals surface area contributed by atoms with E-state index >= 15 is 0 Å². The smallest absolute Gasteiger partial charge is 0.146 e. The molecule has 1 aromatic heterocycles. The lowest BCUT2D eigenvalue weighted by Gasteiger charge is -2.17. The van der Waals surface area contributed by atoms with E-state index in [-0.39, 0.29) is 0 Å². The molecule has 1 heterocycles. The Morgan fingerprint density at radius 3 is 2.50 bits per heavy atom. The van der Waals surface area contributed by atoms with Crippen LogP contribution in [0.5, 0.6) is 5.75 Å². The summed E-state index contributed by atoms with van der Waals surface area (Å²) in [6.07, 6.45) is 0. The van der Waals surface area contributed by atoms with E-state index < -0.39 is 0 Å². The molecular weight excluding hydrogens is 348 g/mol. The first-order chi connectivity index (χ1) is 12.6. The fourth-order valence-electron chi connectivity index (χ4n) is 2.68. The van der Waals surface area contributed by atoms with Crippen LogP contribution < -0.4 is 10.1 Å². The van der Waals surface area contributed by atoms with E-state index in [1.165, 1.54) is 5.56 Å². The van der Waals surface area contributed by atoms with Gasteiger partial charge in [0.15, 0.2) is 0 Å². The van der Waals surface area contributed by atoms with Crippen LogP contribution in [0.2, 0.25) is 5.15 Å². The van der Waals surface area contributed by atoms with E-state index in [9.17, 15) is 0 Å². The molecule has 0 saturated heterocycles. The second-order valence-corrected chi connectivity index (χ2v) is 6.36. The van der Waals surface area contributed by atoms with Gasteiger partial charge in [-0.15, -0.1) is 0 Å². The van der Waals surface area contributed by atoms with E-state index in [4.69, 9.17) is 16.3 Å². The van der Waals surface area contributed by atoms with Crippen LogP contribution in [0, 0.1) is 0 Å². The Kier molecular flexibility index (Phi) is 6.04. The molecule has 3 aromatic rings. The summed E-state index contributed by atoms with van der Waals surface area (Å²) in [5.41, 5.74) is 2.07. The van der Waals surface area contributed by atoms with Gasteiger partial charge in [0.1, 0.15) is 22.5 Å². The summed E-state index contributed by atoms with van der Waals surface area (Å²) in [7, 11) is 3.67. The number of methoxy groups -OCH3 is 1. The maximum absolute atomic E-state index is 6.19. The van der Waals surface area contributed by atoms with Crippen LogP contribution in [0.15, 0.2) is 60.7 Å². The van der Waals surface area contributed by atoms with Gasteiger partial charge < -0.3 is 10.1 Å². The molecule has 0 radical (unpaired) electrons. The van der Waals surface area contributed by atoms with Gasteiger partial charge in [-0.05, 0) is 24.7 Å². The largest absolute Gasteiger partial charge is 0.495 e. The predicted octanol–water partition coefficient (Wildman–Crippen LogP) is 4.51. The molecule has 0 amide bonds. The van der Waals surface area contributed by atoms with Gasteiger partial charge >= 0.3 is 0 Å². The van der Waals surface area contributed by atoms with Gasteiger partial charge in [-0.2, -0.15) is 0 Å². The predicted molar refractivity (Wildman–Crippen MR) is 105 cm³/mol. The molecule has 0 atom stereocenters. The lowest BCUT2D eigenvalue weighted by atomic mass is 10.2. The summed E-state index contributed by atoms with van der Waals surface area (Å²) < 4.78 is 5.36. The SMILES string of the molecule is COc1ccccc1Nc1cc(Cl)nc(CN(C)Cc2ccccc2)n1. The van der Waals surface area contributed by atoms with Crippen molar-refractivity contribution in [1.29, 1.82) is 0 Å². The summed E-state index contributed by atoms with van der Waals surface area (Å²) in [4.78, 5) is 11.1. The van der Waals surface area contributed by atoms with Crippen LogP contribution in [0.25, 0.3) is 0 Å². The van der Waals surface area contributed by atoms with E-state index in [2.05, 4.69) is 32.3 Å². The number of anilines is 2. The molecule has 0 spiro atoms. The number of rotatable bonds is 7. The molecular formula is C20H21ClN4O. The Morgan fingerprint density at radius 2 is 1.73 bits per heavy atom. The first-order valence-electron chi connectivity index (χ1n) is 8.30. The van der Waals surface area contributed by atoms with Gasteiger partial charge in [-0.3, -0.25) is 4.90 Å². The summed E-state index contributed by atoms with van der Waals surface area (Å²) in [6.45, 7) is 1.40. The summed E-state index contributed by atoms with van der Waals surface area (Å²) in [5.74, 6) is 2.04. The molecule has 3 rings (SSSR count). The van der Waals surface area contributed by atoms with Crippen LogP contribution in [0.3, 0.4) is 0 Å². The zero-order valence-corrected chi connectivity index (χ0v) is 15.6. The van der Waals surface area contributed by atoms with Gasteiger partial charge in [0.25, 0.3) is 0 Å². The highest BCUT2D eigenvalue weighted by atomic mass is 35.5. The number of ether oxygens (including phenoxy) is 1. The zero-order chi connectivity index (χ0) is 18.4. The Morgan fingerprint density at radius 1 is 1.00 bits per heavy atom. The number of aromatic nitrogens is 2. The molecule has 0 aliphatic rings.